The molecule has 4 aromatic rings. The van der Waals surface area contributed by atoms with E-state index in [-0.39, 0.29) is 23.1 Å². The molecule has 0 aliphatic carbocycles. The number of carbonyl (C=O) groups excluding carboxylic acids is 1. The second kappa shape index (κ2) is 9.90. The standard InChI is InChI=1S/C24H19F2N5O3/c1-31-24(33)22(21(14-29-31)34-20-8-7-17(25)11-19(20)26)30-18-6-2-5-16(10-18)23(32)28-13-15-4-3-9-27-12-15/h2-12,14,30H,13H2,1H3,(H,28,32). The van der Waals surface area contributed by atoms with Crippen molar-refractivity contribution in [3.05, 3.63) is 106 Å². The first-order valence-electron chi connectivity index (χ1n) is 10.1. The highest BCUT2D eigenvalue weighted by Gasteiger charge is 2.16. The molecule has 0 radical (unpaired) electrons. The fourth-order valence-corrected chi connectivity index (χ4v) is 3.06. The van der Waals surface area contributed by atoms with Crippen molar-refractivity contribution in [1.82, 2.24) is 20.1 Å². The second-order valence-corrected chi connectivity index (χ2v) is 7.24. The number of nitrogens with one attached hydrogen (secondary N) is 2. The first-order valence-corrected chi connectivity index (χ1v) is 10.1. The third-order valence-electron chi connectivity index (χ3n) is 4.79. The van der Waals surface area contributed by atoms with Crippen LogP contribution in [0.1, 0.15) is 15.9 Å². The summed E-state index contributed by atoms with van der Waals surface area (Å²) in [5.41, 5.74) is 1.04. The third kappa shape index (κ3) is 5.23. The fourth-order valence-electron chi connectivity index (χ4n) is 3.06. The molecule has 0 aliphatic heterocycles. The number of carbonyl (C=O) groups is 1. The second-order valence-electron chi connectivity index (χ2n) is 7.24. The Labute approximate surface area is 192 Å². The maximum Gasteiger partial charge on any atom is 0.294 e. The number of ether oxygens (including phenoxy) is 1. The van der Waals surface area contributed by atoms with Gasteiger partial charge in [-0.3, -0.25) is 14.6 Å². The average molecular weight is 463 g/mol. The minimum absolute atomic E-state index is 0.0332. The summed E-state index contributed by atoms with van der Waals surface area (Å²) in [6, 6.07) is 12.9. The van der Waals surface area contributed by atoms with E-state index in [9.17, 15) is 18.4 Å². The summed E-state index contributed by atoms with van der Waals surface area (Å²) in [6.45, 7) is 0.302. The lowest BCUT2D eigenvalue weighted by Crippen LogP contribution is -2.23. The van der Waals surface area contributed by atoms with Gasteiger partial charge in [0.15, 0.2) is 23.0 Å². The number of hydrogen-bond acceptors (Lipinski definition) is 6. The zero-order chi connectivity index (χ0) is 24.1. The van der Waals surface area contributed by atoms with Gasteiger partial charge in [-0.25, -0.2) is 13.5 Å². The first kappa shape index (κ1) is 22.6. The van der Waals surface area contributed by atoms with E-state index in [2.05, 4.69) is 20.7 Å². The molecule has 0 bridgehead atoms. The summed E-state index contributed by atoms with van der Waals surface area (Å²) >= 11 is 0. The molecule has 2 heterocycles. The number of nitrogens with zero attached hydrogens (tertiary/aromatic N) is 3. The Morgan fingerprint density at radius 1 is 1.06 bits per heavy atom. The molecular weight excluding hydrogens is 444 g/mol. The van der Waals surface area contributed by atoms with Crippen LogP contribution < -0.4 is 20.9 Å². The molecule has 4 rings (SSSR count). The molecule has 0 atom stereocenters. The van der Waals surface area contributed by atoms with Gasteiger partial charge >= 0.3 is 0 Å². The largest absolute Gasteiger partial charge is 0.450 e. The van der Waals surface area contributed by atoms with Crippen molar-refractivity contribution in [3.8, 4) is 11.5 Å². The van der Waals surface area contributed by atoms with Crippen molar-refractivity contribution in [2.75, 3.05) is 5.32 Å². The summed E-state index contributed by atoms with van der Waals surface area (Å²) in [4.78, 5) is 29.3. The lowest BCUT2D eigenvalue weighted by molar-refractivity contribution is 0.0951. The molecule has 0 fully saturated rings. The van der Waals surface area contributed by atoms with E-state index in [0.717, 1.165) is 22.4 Å². The Balaban J connectivity index is 1.57. The highest BCUT2D eigenvalue weighted by atomic mass is 19.1. The molecule has 34 heavy (non-hydrogen) atoms. The van der Waals surface area contributed by atoms with Gasteiger partial charge < -0.3 is 15.4 Å². The topological polar surface area (TPSA) is 98.1 Å². The number of amides is 1. The maximum absolute atomic E-state index is 14.1. The SMILES string of the molecule is Cn1ncc(Oc2ccc(F)cc2F)c(Nc2cccc(C(=O)NCc3cccnc3)c2)c1=O. The smallest absolute Gasteiger partial charge is 0.294 e. The number of aryl methyl sites for hydroxylation is 1. The van der Waals surface area contributed by atoms with Crippen molar-refractivity contribution in [2.45, 2.75) is 6.54 Å². The Hall–Kier alpha value is -4.60. The Bertz CT molecular complexity index is 1390. The number of rotatable bonds is 7. The number of hydrogen-bond donors (Lipinski definition) is 2. The van der Waals surface area contributed by atoms with Crippen LogP contribution >= 0.6 is 0 Å². The van der Waals surface area contributed by atoms with Crippen LogP contribution in [0.5, 0.6) is 11.5 Å². The molecule has 172 valence electrons. The summed E-state index contributed by atoms with van der Waals surface area (Å²) in [5.74, 6) is -2.36. The number of pyridine rings is 1. The predicted molar refractivity (Wildman–Crippen MR) is 121 cm³/mol. The van der Waals surface area contributed by atoms with E-state index < -0.39 is 17.2 Å². The van der Waals surface area contributed by atoms with Crippen LogP contribution in [0.25, 0.3) is 0 Å². The van der Waals surface area contributed by atoms with E-state index in [1.807, 2.05) is 6.07 Å². The van der Waals surface area contributed by atoms with Crippen LogP contribution in [0.3, 0.4) is 0 Å². The minimum atomic E-state index is -0.932. The summed E-state index contributed by atoms with van der Waals surface area (Å²) in [7, 11) is 1.44. The van der Waals surface area contributed by atoms with Gasteiger partial charge in [-0.05, 0) is 42.0 Å². The molecule has 10 heteroatoms. The molecule has 8 nitrogen and oxygen atoms in total. The number of halogens is 2. The van der Waals surface area contributed by atoms with Crippen LogP contribution in [0.4, 0.5) is 20.2 Å². The molecule has 1 amide bonds. The molecule has 0 saturated heterocycles. The van der Waals surface area contributed by atoms with Crippen molar-refractivity contribution in [1.29, 1.82) is 0 Å². The quantitative estimate of drug-likeness (QED) is 0.431. The van der Waals surface area contributed by atoms with Crippen LogP contribution in [-0.2, 0) is 13.6 Å². The Morgan fingerprint density at radius 3 is 2.68 bits per heavy atom. The molecule has 0 aliphatic rings. The molecule has 2 N–H and O–H groups in total. The first-order chi connectivity index (χ1) is 16.4. The van der Waals surface area contributed by atoms with E-state index in [1.54, 1.807) is 42.7 Å². The van der Waals surface area contributed by atoms with Crippen LogP contribution in [0, 0.1) is 11.6 Å². The molecule has 0 saturated carbocycles. The van der Waals surface area contributed by atoms with Gasteiger partial charge in [0, 0.05) is 43.3 Å². The fraction of sp³-hybridized carbons (Fsp3) is 0.0833. The highest BCUT2D eigenvalue weighted by Crippen LogP contribution is 2.30. The highest BCUT2D eigenvalue weighted by molar-refractivity contribution is 5.95. The summed E-state index contributed by atoms with van der Waals surface area (Å²) in [6.07, 6.45) is 4.53. The zero-order valence-corrected chi connectivity index (χ0v) is 18.0. The van der Waals surface area contributed by atoms with Crippen LogP contribution in [0.2, 0.25) is 0 Å². The van der Waals surface area contributed by atoms with Gasteiger partial charge in [-0.1, -0.05) is 12.1 Å². The van der Waals surface area contributed by atoms with Crippen LogP contribution in [0.15, 0.2) is 78.0 Å². The van der Waals surface area contributed by atoms with Crippen molar-refractivity contribution >= 4 is 17.3 Å². The van der Waals surface area contributed by atoms with E-state index >= 15 is 0 Å². The van der Waals surface area contributed by atoms with Gasteiger partial charge in [0.1, 0.15) is 5.82 Å². The lowest BCUT2D eigenvalue weighted by atomic mass is 10.1. The van der Waals surface area contributed by atoms with Gasteiger partial charge in [0.2, 0.25) is 0 Å². The summed E-state index contributed by atoms with van der Waals surface area (Å²) in [5, 5.41) is 9.62. The minimum Gasteiger partial charge on any atom is -0.450 e. The number of aromatic nitrogens is 3. The van der Waals surface area contributed by atoms with Gasteiger partial charge in [-0.15, -0.1) is 0 Å². The van der Waals surface area contributed by atoms with Gasteiger partial charge in [-0.2, -0.15) is 5.10 Å². The van der Waals surface area contributed by atoms with Crippen molar-refractivity contribution in [2.24, 2.45) is 7.05 Å². The molecule has 2 aromatic heterocycles. The van der Waals surface area contributed by atoms with Crippen LogP contribution in [-0.4, -0.2) is 20.7 Å². The number of anilines is 2. The zero-order valence-electron chi connectivity index (χ0n) is 18.0. The van der Waals surface area contributed by atoms with E-state index in [0.29, 0.717) is 23.9 Å². The van der Waals surface area contributed by atoms with Crippen molar-refractivity contribution < 1.29 is 18.3 Å². The van der Waals surface area contributed by atoms with Gasteiger partial charge in [0.25, 0.3) is 11.5 Å². The Morgan fingerprint density at radius 2 is 1.91 bits per heavy atom. The Kier molecular flexibility index (Phi) is 6.58. The predicted octanol–water partition coefficient (Wildman–Crippen LogP) is 3.92. The van der Waals surface area contributed by atoms with Gasteiger partial charge in [0.05, 0.1) is 6.20 Å². The van der Waals surface area contributed by atoms with E-state index in [1.165, 1.54) is 13.2 Å². The average Bonchev–Trinajstić information content (AvgIpc) is 2.84. The normalized spacial score (nSPS) is 10.6. The lowest BCUT2D eigenvalue weighted by Gasteiger charge is -2.14. The molecule has 2 aromatic carbocycles. The molecular formula is C24H19F2N5O3. The summed E-state index contributed by atoms with van der Waals surface area (Å²) < 4.78 is 33.9. The third-order valence-corrected chi connectivity index (χ3v) is 4.79. The maximum atomic E-state index is 14.1. The van der Waals surface area contributed by atoms with E-state index in [4.69, 9.17) is 4.74 Å². The monoisotopic (exact) mass is 463 g/mol. The molecule has 0 spiro atoms. The number of benzene rings is 2. The van der Waals surface area contributed by atoms with Crippen molar-refractivity contribution in [3.63, 3.8) is 0 Å². The molecule has 0 unspecified atom stereocenters.